The number of ketones is 2. The van der Waals surface area contributed by atoms with Crippen LogP contribution in [0.3, 0.4) is 0 Å². The van der Waals surface area contributed by atoms with Gasteiger partial charge in [0.15, 0.2) is 17.5 Å². The van der Waals surface area contributed by atoms with E-state index in [0.717, 1.165) is 0 Å². The number of nitriles is 1. The average Bonchev–Trinajstić information content (AvgIpc) is 2.17. The summed E-state index contributed by atoms with van der Waals surface area (Å²) in [5.74, 6) is -1.98. The number of carbonyl (C=O) groups is 2. The molecule has 1 aromatic rings. The number of Topliss-reactive ketones (excluding diaryl/α,β-unsaturated/α-hetero) is 2. The molecule has 16 heavy (non-hydrogen) atoms. The van der Waals surface area contributed by atoms with E-state index in [2.05, 4.69) is 0 Å². The molecule has 82 valence electrons. The van der Waals surface area contributed by atoms with Gasteiger partial charge in [-0.3, -0.25) is 9.59 Å². The Hall–Kier alpha value is -1.66. The van der Waals surface area contributed by atoms with Crippen LogP contribution in [-0.4, -0.2) is 11.6 Å². The summed E-state index contributed by atoms with van der Waals surface area (Å²) >= 11 is 5.76. The third-order valence-corrected chi connectivity index (χ3v) is 2.36. The molecule has 1 rings (SSSR count). The summed E-state index contributed by atoms with van der Waals surface area (Å²) in [5.41, 5.74) is 0.707. The Bertz CT molecular complexity index is 462. The Kier molecular flexibility index (Phi) is 4.21. The van der Waals surface area contributed by atoms with Crippen LogP contribution in [0.15, 0.2) is 24.3 Å². The van der Waals surface area contributed by atoms with Crippen LogP contribution in [0.1, 0.15) is 12.5 Å². The zero-order valence-corrected chi connectivity index (χ0v) is 9.49. The number of hydrogen-bond acceptors (Lipinski definition) is 3. The molecular formula is C12H10ClNO2. The number of rotatable bonds is 4. The maximum atomic E-state index is 11.6. The Morgan fingerprint density at radius 1 is 1.50 bits per heavy atom. The largest absolute Gasteiger partial charge is 0.298 e. The standard InChI is InChI=1S/C12H10ClNO2/c1-8(15)11(7-14)12(16)6-9-3-2-4-10(13)5-9/h2-5,11H,6H2,1H3. The number of benzene rings is 1. The van der Waals surface area contributed by atoms with E-state index in [1.807, 2.05) is 0 Å². The minimum absolute atomic E-state index is 0.0539. The number of halogens is 1. The van der Waals surface area contributed by atoms with Crippen LogP contribution in [0.25, 0.3) is 0 Å². The van der Waals surface area contributed by atoms with Gasteiger partial charge in [0.1, 0.15) is 0 Å². The van der Waals surface area contributed by atoms with Crippen LogP contribution in [-0.2, 0) is 16.0 Å². The quantitative estimate of drug-likeness (QED) is 0.752. The highest BCUT2D eigenvalue weighted by atomic mass is 35.5. The fourth-order valence-electron chi connectivity index (χ4n) is 1.34. The molecule has 0 N–H and O–H groups in total. The van der Waals surface area contributed by atoms with Crippen LogP contribution < -0.4 is 0 Å². The lowest BCUT2D eigenvalue weighted by atomic mass is 9.96. The highest BCUT2D eigenvalue weighted by Crippen LogP contribution is 2.13. The molecule has 0 aliphatic carbocycles. The summed E-state index contributed by atoms with van der Waals surface area (Å²) in [6.45, 7) is 1.24. The molecule has 0 fully saturated rings. The lowest BCUT2D eigenvalue weighted by molar-refractivity contribution is -0.128. The Morgan fingerprint density at radius 3 is 2.69 bits per heavy atom. The molecule has 1 aromatic carbocycles. The van der Waals surface area contributed by atoms with E-state index in [1.165, 1.54) is 6.92 Å². The van der Waals surface area contributed by atoms with Gasteiger partial charge in [-0.05, 0) is 24.6 Å². The van der Waals surface area contributed by atoms with E-state index in [9.17, 15) is 9.59 Å². The Morgan fingerprint density at radius 2 is 2.19 bits per heavy atom. The molecule has 0 aromatic heterocycles. The fourth-order valence-corrected chi connectivity index (χ4v) is 1.55. The van der Waals surface area contributed by atoms with Crippen LogP contribution >= 0.6 is 11.6 Å². The van der Waals surface area contributed by atoms with E-state index in [0.29, 0.717) is 10.6 Å². The molecule has 0 amide bonds. The molecule has 4 heteroatoms. The summed E-state index contributed by atoms with van der Waals surface area (Å²) in [7, 11) is 0. The van der Waals surface area contributed by atoms with Gasteiger partial charge < -0.3 is 0 Å². The molecule has 0 spiro atoms. The molecule has 0 bridgehead atoms. The number of carbonyl (C=O) groups excluding carboxylic acids is 2. The Labute approximate surface area is 98.6 Å². The average molecular weight is 236 g/mol. The second-order valence-electron chi connectivity index (χ2n) is 3.45. The number of nitrogens with zero attached hydrogens (tertiary/aromatic N) is 1. The summed E-state index contributed by atoms with van der Waals surface area (Å²) in [5, 5.41) is 9.21. The van der Waals surface area contributed by atoms with Crippen molar-refractivity contribution in [3.63, 3.8) is 0 Å². The smallest absolute Gasteiger partial charge is 0.163 e. The molecule has 1 unspecified atom stereocenters. The van der Waals surface area contributed by atoms with E-state index in [1.54, 1.807) is 30.3 Å². The zero-order valence-electron chi connectivity index (χ0n) is 8.74. The van der Waals surface area contributed by atoms with E-state index >= 15 is 0 Å². The van der Waals surface area contributed by atoms with Crippen molar-refractivity contribution in [2.75, 3.05) is 0 Å². The van der Waals surface area contributed by atoms with Gasteiger partial charge in [-0.15, -0.1) is 0 Å². The van der Waals surface area contributed by atoms with Crippen molar-refractivity contribution < 1.29 is 9.59 Å². The first-order chi connectivity index (χ1) is 7.54. The molecule has 0 heterocycles. The first kappa shape index (κ1) is 12.4. The normalized spacial score (nSPS) is 11.6. The summed E-state index contributed by atoms with van der Waals surface area (Å²) in [6, 6.07) is 8.50. The van der Waals surface area contributed by atoms with Crippen LogP contribution in [0.4, 0.5) is 0 Å². The van der Waals surface area contributed by atoms with Crippen molar-refractivity contribution in [2.45, 2.75) is 13.3 Å². The predicted octanol–water partition coefficient (Wildman–Crippen LogP) is 2.18. The van der Waals surface area contributed by atoms with E-state index in [4.69, 9.17) is 16.9 Å². The van der Waals surface area contributed by atoms with Gasteiger partial charge >= 0.3 is 0 Å². The van der Waals surface area contributed by atoms with Crippen LogP contribution in [0, 0.1) is 17.2 Å². The topological polar surface area (TPSA) is 57.9 Å². The van der Waals surface area contributed by atoms with Crippen LogP contribution in [0.5, 0.6) is 0 Å². The molecule has 3 nitrogen and oxygen atoms in total. The highest BCUT2D eigenvalue weighted by molar-refractivity contribution is 6.30. The van der Waals surface area contributed by atoms with Gasteiger partial charge in [-0.1, -0.05) is 23.7 Å². The molecular weight excluding hydrogens is 226 g/mol. The first-order valence-corrected chi connectivity index (χ1v) is 5.09. The third-order valence-electron chi connectivity index (χ3n) is 2.12. The van der Waals surface area contributed by atoms with Crippen LogP contribution in [0.2, 0.25) is 5.02 Å². The predicted molar refractivity (Wildman–Crippen MR) is 59.9 cm³/mol. The monoisotopic (exact) mass is 235 g/mol. The van der Waals surface area contributed by atoms with Gasteiger partial charge in [0.05, 0.1) is 6.07 Å². The van der Waals surface area contributed by atoms with Gasteiger partial charge in [-0.2, -0.15) is 5.26 Å². The Balaban J connectivity index is 2.79. The number of hydrogen-bond donors (Lipinski definition) is 0. The molecule has 0 saturated carbocycles. The van der Waals surface area contributed by atoms with Crippen molar-refractivity contribution in [3.05, 3.63) is 34.9 Å². The minimum Gasteiger partial charge on any atom is -0.298 e. The maximum absolute atomic E-state index is 11.6. The van der Waals surface area contributed by atoms with E-state index < -0.39 is 17.5 Å². The van der Waals surface area contributed by atoms with Crippen molar-refractivity contribution in [2.24, 2.45) is 5.92 Å². The third kappa shape index (κ3) is 3.18. The lowest BCUT2D eigenvalue weighted by Gasteiger charge is -2.04. The summed E-state index contributed by atoms with van der Waals surface area (Å²) < 4.78 is 0. The second kappa shape index (κ2) is 5.43. The summed E-state index contributed by atoms with van der Waals surface area (Å²) in [4.78, 5) is 22.6. The van der Waals surface area contributed by atoms with Gasteiger partial charge in [0, 0.05) is 11.4 Å². The van der Waals surface area contributed by atoms with Gasteiger partial charge in [0.2, 0.25) is 0 Å². The van der Waals surface area contributed by atoms with Gasteiger partial charge in [0.25, 0.3) is 0 Å². The lowest BCUT2D eigenvalue weighted by Crippen LogP contribution is -2.21. The SMILES string of the molecule is CC(=O)C(C#N)C(=O)Cc1cccc(Cl)c1. The van der Waals surface area contributed by atoms with Crippen molar-refractivity contribution in [3.8, 4) is 6.07 Å². The van der Waals surface area contributed by atoms with Crippen molar-refractivity contribution >= 4 is 23.2 Å². The summed E-state index contributed by atoms with van der Waals surface area (Å²) in [6.07, 6.45) is 0.0539. The molecule has 0 saturated heterocycles. The van der Waals surface area contributed by atoms with Crippen molar-refractivity contribution in [1.82, 2.24) is 0 Å². The fraction of sp³-hybridized carbons (Fsp3) is 0.250. The molecule has 0 aliphatic heterocycles. The zero-order chi connectivity index (χ0) is 12.1. The highest BCUT2D eigenvalue weighted by Gasteiger charge is 2.22. The first-order valence-electron chi connectivity index (χ1n) is 4.72. The second-order valence-corrected chi connectivity index (χ2v) is 3.88. The maximum Gasteiger partial charge on any atom is 0.163 e. The molecule has 0 radical (unpaired) electrons. The van der Waals surface area contributed by atoms with Crippen molar-refractivity contribution in [1.29, 1.82) is 5.26 Å². The molecule has 0 aliphatic rings. The van der Waals surface area contributed by atoms with E-state index in [-0.39, 0.29) is 6.42 Å². The van der Waals surface area contributed by atoms with Gasteiger partial charge in [-0.25, -0.2) is 0 Å². The molecule has 1 atom stereocenters. The minimum atomic E-state index is -1.17.